The van der Waals surface area contributed by atoms with Crippen molar-refractivity contribution in [1.29, 1.82) is 0 Å². The van der Waals surface area contributed by atoms with Gasteiger partial charge in [-0.3, -0.25) is 0 Å². The van der Waals surface area contributed by atoms with Crippen molar-refractivity contribution in [3.05, 3.63) is 17.5 Å². The number of hydrogen-bond donors (Lipinski definition) is 0. The summed E-state index contributed by atoms with van der Waals surface area (Å²) in [5.41, 5.74) is 0. The van der Waals surface area contributed by atoms with E-state index in [2.05, 4.69) is 14.9 Å². The van der Waals surface area contributed by atoms with Crippen LogP contribution in [-0.2, 0) is 4.74 Å². The highest BCUT2D eigenvalue weighted by molar-refractivity contribution is 6.29. The largest absolute Gasteiger partial charge is 0.378 e. The second kappa shape index (κ2) is 5.46. The van der Waals surface area contributed by atoms with Crippen LogP contribution in [0.3, 0.4) is 0 Å². The van der Waals surface area contributed by atoms with Crippen molar-refractivity contribution in [3.8, 4) is 0 Å². The van der Waals surface area contributed by atoms with E-state index in [0.29, 0.717) is 11.3 Å². The standard InChI is InChI=1S/C11H16ClN3O/c1-2-16-9-3-5-15(6-4-9)11-7-10(12)13-8-14-11/h7-9H,2-6H2,1H3. The number of anilines is 1. The van der Waals surface area contributed by atoms with Gasteiger partial charge in [-0.1, -0.05) is 11.6 Å². The summed E-state index contributed by atoms with van der Waals surface area (Å²) in [5.74, 6) is 0.912. The molecule has 0 atom stereocenters. The highest BCUT2D eigenvalue weighted by Crippen LogP contribution is 2.20. The number of nitrogens with zero attached hydrogens (tertiary/aromatic N) is 3. The lowest BCUT2D eigenvalue weighted by Gasteiger charge is -2.32. The minimum absolute atomic E-state index is 0.401. The van der Waals surface area contributed by atoms with Crippen LogP contribution in [0, 0.1) is 0 Å². The first kappa shape index (κ1) is 11.6. The third kappa shape index (κ3) is 2.83. The lowest BCUT2D eigenvalue weighted by Crippen LogP contribution is -2.37. The van der Waals surface area contributed by atoms with Crippen molar-refractivity contribution < 1.29 is 4.74 Å². The van der Waals surface area contributed by atoms with Crippen LogP contribution in [0.25, 0.3) is 0 Å². The fourth-order valence-corrected chi connectivity index (χ4v) is 2.13. The van der Waals surface area contributed by atoms with E-state index < -0.39 is 0 Å². The molecule has 1 aromatic heterocycles. The van der Waals surface area contributed by atoms with Crippen molar-refractivity contribution in [2.24, 2.45) is 0 Å². The van der Waals surface area contributed by atoms with Crippen LogP contribution in [0.2, 0.25) is 5.15 Å². The molecule has 0 N–H and O–H groups in total. The molecule has 16 heavy (non-hydrogen) atoms. The maximum atomic E-state index is 5.84. The number of hydrogen-bond acceptors (Lipinski definition) is 4. The van der Waals surface area contributed by atoms with Crippen LogP contribution >= 0.6 is 11.6 Å². The summed E-state index contributed by atoms with van der Waals surface area (Å²) in [6, 6.07) is 1.81. The van der Waals surface area contributed by atoms with E-state index >= 15 is 0 Å². The van der Waals surface area contributed by atoms with Crippen LogP contribution in [-0.4, -0.2) is 35.8 Å². The zero-order valence-electron chi connectivity index (χ0n) is 9.40. The average molecular weight is 242 g/mol. The van der Waals surface area contributed by atoms with E-state index in [4.69, 9.17) is 16.3 Å². The Balaban J connectivity index is 1.94. The molecule has 1 aromatic rings. The van der Waals surface area contributed by atoms with E-state index in [1.54, 1.807) is 0 Å². The molecule has 0 radical (unpaired) electrons. The maximum absolute atomic E-state index is 5.84. The van der Waals surface area contributed by atoms with E-state index in [1.165, 1.54) is 6.33 Å². The minimum Gasteiger partial charge on any atom is -0.378 e. The highest BCUT2D eigenvalue weighted by Gasteiger charge is 2.20. The van der Waals surface area contributed by atoms with Crippen LogP contribution in [0.15, 0.2) is 12.4 Å². The average Bonchev–Trinajstić information content (AvgIpc) is 2.30. The Morgan fingerprint density at radius 2 is 2.19 bits per heavy atom. The summed E-state index contributed by atoms with van der Waals surface area (Å²) < 4.78 is 5.61. The second-order valence-electron chi connectivity index (χ2n) is 3.84. The smallest absolute Gasteiger partial charge is 0.134 e. The van der Waals surface area contributed by atoms with Gasteiger partial charge in [0.05, 0.1) is 6.10 Å². The van der Waals surface area contributed by atoms with E-state index in [-0.39, 0.29) is 0 Å². The quantitative estimate of drug-likeness (QED) is 0.760. The number of rotatable bonds is 3. The predicted octanol–water partition coefficient (Wildman–Crippen LogP) is 2.14. The Morgan fingerprint density at radius 3 is 2.81 bits per heavy atom. The molecule has 0 bridgehead atoms. The molecule has 1 aliphatic rings. The molecule has 0 aromatic carbocycles. The first-order valence-electron chi connectivity index (χ1n) is 5.63. The molecule has 0 unspecified atom stereocenters. The van der Waals surface area contributed by atoms with Gasteiger partial charge < -0.3 is 9.64 Å². The van der Waals surface area contributed by atoms with Gasteiger partial charge in [0, 0.05) is 25.8 Å². The van der Waals surface area contributed by atoms with Gasteiger partial charge in [0.1, 0.15) is 17.3 Å². The Morgan fingerprint density at radius 1 is 1.44 bits per heavy atom. The van der Waals surface area contributed by atoms with Gasteiger partial charge in [0.2, 0.25) is 0 Å². The summed E-state index contributed by atoms with van der Waals surface area (Å²) in [5, 5.41) is 0.497. The normalized spacial score (nSPS) is 17.8. The first-order chi connectivity index (χ1) is 7.79. The SMILES string of the molecule is CCOC1CCN(c2cc(Cl)ncn2)CC1. The highest BCUT2D eigenvalue weighted by atomic mass is 35.5. The molecule has 2 rings (SSSR count). The van der Waals surface area contributed by atoms with Gasteiger partial charge >= 0.3 is 0 Å². The number of aromatic nitrogens is 2. The van der Waals surface area contributed by atoms with Crippen LogP contribution in [0.5, 0.6) is 0 Å². The Kier molecular flexibility index (Phi) is 3.96. The summed E-state index contributed by atoms with van der Waals surface area (Å²) in [4.78, 5) is 10.3. The lowest BCUT2D eigenvalue weighted by molar-refractivity contribution is 0.0458. The molecular weight excluding hydrogens is 226 g/mol. The number of halogens is 1. The van der Waals surface area contributed by atoms with Crippen molar-refractivity contribution >= 4 is 17.4 Å². The molecule has 1 saturated heterocycles. The maximum Gasteiger partial charge on any atom is 0.134 e. The molecule has 2 heterocycles. The Labute approximate surface area is 101 Å². The minimum atomic E-state index is 0.401. The molecule has 0 spiro atoms. The molecule has 1 fully saturated rings. The van der Waals surface area contributed by atoms with Gasteiger partial charge in [0.25, 0.3) is 0 Å². The van der Waals surface area contributed by atoms with Crippen molar-refractivity contribution in [3.63, 3.8) is 0 Å². The van der Waals surface area contributed by atoms with Crippen molar-refractivity contribution in [1.82, 2.24) is 9.97 Å². The lowest BCUT2D eigenvalue weighted by atomic mass is 10.1. The molecular formula is C11H16ClN3O. The van der Waals surface area contributed by atoms with Gasteiger partial charge in [-0.25, -0.2) is 9.97 Å². The molecule has 0 amide bonds. The number of ether oxygens (including phenoxy) is 1. The first-order valence-corrected chi connectivity index (χ1v) is 6.01. The fourth-order valence-electron chi connectivity index (χ4n) is 1.98. The summed E-state index contributed by atoms with van der Waals surface area (Å²) >= 11 is 5.84. The summed E-state index contributed by atoms with van der Waals surface area (Å²) in [6.07, 6.45) is 4.01. The van der Waals surface area contributed by atoms with Crippen molar-refractivity contribution in [2.75, 3.05) is 24.6 Å². The van der Waals surface area contributed by atoms with E-state index in [1.807, 2.05) is 13.0 Å². The van der Waals surface area contributed by atoms with Gasteiger partial charge in [-0.05, 0) is 19.8 Å². The molecule has 0 saturated carbocycles. The van der Waals surface area contributed by atoms with Gasteiger partial charge in [0.15, 0.2) is 0 Å². The Bertz CT molecular complexity index is 340. The third-order valence-corrected chi connectivity index (χ3v) is 2.99. The zero-order chi connectivity index (χ0) is 11.4. The molecule has 4 nitrogen and oxygen atoms in total. The topological polar surface area (TPSA) is 38.2 Å². The molecule has 0 aliphatic carbocycles. The monoisotopic (exact) mass is 241 g/mol. The zero-order valence-corrected chi connectivity index (χ0v) is 10.2. The van der Waals surface area contributed by atoms with E-state index in [9.17, 15) is 0 Å². The number of piperidine rings is 1. The van der Waals surface area contributed by atoms with Crippen LogP contribution in [0.1, 0.15) is 19.8 Å². The van der Waals surface area contributed by atoms with Crippen LogP contribution in [0.4, 0.5) is 5.82 Å². The molecule has 1 aliphatic heterocycles. The fraction of sp³-hybridized carbons (Fsp3) is 0.636. The summed E-state index contributed by atoms with van der Waals surface area (Å²) in [7, 11) is 0. The summed E-state index contributed by atoms with van der Waals surface area (Å²) in [6.45, 7) is 4.77. The van der Waals surface area contributed by atoms with Crippen molar-refractivity contribution in [2.45, 2.75) is 25.9 Å². The van der Waals surface area contributed by atoms with Gasteiger partial charge in [-0.15, -0.1) is 0 Å². The molecule has 5 heteroatoms. The van der Waals surface area contributed by atoms with Gasteiger partial charge in [-0.2, -0.15) is 0 Å². The second-order valence-corrected chi connectivity index (χ2v) is 4.23. The molecule has 88 valence electrons. The Hall–Kier alpha value is -0.870. The van der Waals surface area contributed by atoms with Crippen LogP contribution < -0.4 is 4.90 Å². The third-order valence-electron chi connectivity index (χ3n) is 2.79. The van der Waals surface area contributed by atoms with E-state index in [0.717, 1.165) is 38.4 Å². The predicted molar refractivity (Wildman–Crippen MR) is 63.9 cm³/mol.